The summed E-state index contributed by atoms with van der Waals surface area (Å²) in [6.07, 6.45) is 3.82. The molecule has 0 unspecified atom stereocenters. The fourth-order valence-corrected chi connectivity index (χ4v) is 8.83. The number of carboxylic acid groups (broad SMARTS) is 1. The molecule has 0 radical (unpaired) electrons. The average Bonchev–Trinajstić information content (AvgIpc) is 3.66. The molecule has 12 nitrogen and oxygen atoms in total. The summed E-state index contributed by atoms with van der Waals surface area (Å²) in [7, 11) is 4.60. The normalized spacial score (nSPS) is 20.1. The number of piperidine rings is 1. The van der Waals surface area contributed by atoms with Crippen LogP contribution in [-0.4, -0.2) is 129 Å². The van der Waals surface area contributed by atoms with Gasteiger partial charge in [-0.1, -0.05) is 59.6 Å². The molecular formula is C42H53Cl2N5O7. The molecule has 0 saturated carbocycles. The molecule has 302 valence electrons. The number of amides is 3. The van der Waals surface area contributed by atoms with E-state index in [1.807, 2.05) is 46.2 Å². The maximum atomic E-state index is 14.1. The Balaban J connectivity index is 1.14. The molecule has 0 aliphatic carbocycles. The highest BCUT2D eigenvalue weighted by molar-refractivity contribution is 6.42. The number of halogens is 2. The van der Waals surface area contributed by atoms with Crippen LogP contribution in [0.15, 0.2) is 60.7 Å². The zero-order valence-electron chi connectivity index (χ0n) is 32.5. The van der Waals surface area contributed by atoms with Crippen molar-refractivity contribution in [2.75, 3.05) is 86.8 Å². The van der Waals surface area contributed by atoms with Crippen LogP contribution in [0.3, 0.4) is 0 Å². The third-order valence-corrected chi connectivity index (χ3v) is 12.6. The second-order valence-corrected chi connectivity index (χ2v) is 15.9. The van der Waals surface area contributed by atoms with Gasteiger partial charge in [-0.3, -0.25) is 14.5 Å². The monoisotopic (exact) mass is 809 g/mol. The molecule has 3 aromatic rings. The van der Waals surface area contributed by atoms with E-state index in [1.165, 1.54) is 21.3 Å². The predicted octanol–water partition coefficient (Wildman–Crippen LogP) is 6.38. The Morgan fingerprint density at radius 1 is 0.732 bits per heavy atom. The molecule has 6 rings (SSSR count). The van der Waals surface area contributed by atoms with Gasteiger partial charge in [-0.05, 0) is 80.6 Å². The van der Waals surface area contributed by atoms with E-state index in [2.05, 4.69) is 27.2 Å². The van der Waals surface area contributed by atoms with E-state index in [0.717, 1.165) is 76.1 Å². The quantitative estimate of drug-likeness (QED) is 0.191. The first-order chi connectivity index (χ1) is 27.0. The molecule has 3 amide bonds. The molecule has 3 aliphatic rings. The van der Waals surface area contributed by atoms with Crippen molar-refractivity contribution in [3.63, 3.8) is 0 Å². The Hall–Kier alpha value is -4.23. The first-order valence-corrected chi connectivity index (χ1v) is 20.1. The summed E-state index contributed by atoms with van der Waals surface area (Å²) in [6.45, 7) is 6.83. The summed E-state index contributed by atoms with van der Waals surface area (Å²) < 4.78 is 16.6. The fraction of sp³-hybridized carbons (Fsp3) is 0.500. The third-order valence-electron chi connectivity index (χ3n) is 11.9. The first kappa shape index (κ1) is 41.4. The summed E-state index contributed by atoms with van der Waals surface area (Å²) in [5.74, 6) is 0.375. The van der Waals surface area contributed by atoms with Crippen molar-refractivity contribution < 1.29 is 33.7 Å². The number of aliphatic carboxylic acids is 1. The number of carbonyl (C=O) groups is 3. The molecule has 3 saturated heterocycles. The van der Waals surface area contributed by atoms with Crippen LogP contribution < -0.4 is 19.5 Å². The van der Waals surface area contributed by atoms with Gasteiger partial charge in [-0.15, -0.1) is 0 Å². The number of ether oxygens (including phenoxy) is 3. The number of urea groups is 1. The van der Waals surface area contributed by atoms with Gasteiger partial charge < -0.3 is 39.3 Å². The summed E-state index contributed by atoms with van der Waals surface area (Å²) in [6, 6.07) is 19.4. The van der Waals surface area contributed by atoms with Crippen molar-refractivity contribution in [2.45, 2.75) is 49.5 Å². The van der Waals surface area contributed by atoms with Crippen LogP contribution in [0.25, 0.3) is 0 Å². The number of piperazine rings is 1. The molecule has 3 heterocycles. The van der Waals surface area contributed by atoms with Gasteiger partial charge in [0.05, 0.1) is 36.9 Å². The Morgan fingerprint density at radius 3 is 2.00 bits per heavy atom. The minimum absolute atomic E-state index is 0.0612. The number of likely N-dealkylation sites (tertiary alicyclic amines) is 2. The minimum Gasteiger partial charge on any atom is -0.493 e. The van der Waals surface area contributed by atoms with Crippen LogP contribution in [0.4, 0.5) is 4.79 Å². The lowest BCUT2D eigenvalue weighted by Crippen LogP contribution is -2.59. The molecule has 0 bridgehead atoms. The topological polar surface area (TPSA) is 124 Å². The van der Waals surface area contributed by atoms with E-state index in [0.29, 0.717) is 65.5 Å². The largest absolute Gasteiger partial charge is 0.493 e. The molecule has 3 aliphatic heterocycles. The van der Waals surface area contributed by atoms with Gasteiger partial charge in [-0.2, -0.15) is 0 Å². The van der Waals surface area contributed by atoms with Gasteiger partial charge in [0.2, 0.25) is 5.75 Å². The number of nitrogens with one attached hydrogen (secondary N) is 1. The van der Waals surface area contributed by atoms with E-state index in [-0.39, 0.29) is 23.8 Å². The lowest BCUT2D eigenvalue weighted by atomic mass is 9.76. The standard InChI is InChI=1S/C42H53Cl2N5O7/c1-54-35-26-30(27-36(55-2)38(35)56-3)39(52)49-21-14-41(29-49,32-11-12-33(43)34(44)28-32)13-18-47-19-15-42(16-20-47,31-8-5-4-6-9-31)45-40(53)48-24-22-46(23-25-48)17-7-10-37(50)51/h4-6,8-9,11-12,26-28H,7,10,13-25,29H2,1-3H3,(H,45,53)(H,50,51)/t41-/m0/s1. The summed E-state index contributed by atoms with van der Waals surface area (Å²) in [5.41, 5.74) is 1.74. The molecule has 3 fully saturated rings. The Kier molecular flexibility index (Phi) is 13.6. The van der Waals surface area contributed by atoms with Gasteiger partial charge in [-0.25, -0.2) is 4.79 Å². The number of carbonyl (C=O) groups excluding carboxylic acids is 2. The molecule has 0 spiro atoms. The molecule has 1 atom stereocenters. The highest BCUT2D eigenvalue weighted by Gasteiger charge is 2.44. The van der Waals surface area contributed by atoms with Crippen molar-refractivity contribution in [1.29, 1.82) is 0 Å². The Bertz CT molecular complexity index is 1830. The smallest absolute Gasteiger partial charge is 0.318 e. The van der Waals surface area contributed by atoms with E-state index >= 15 is 0 Å². The minimum atomic E-state index is -0.781. The lowest BCUT2D eigenvalue weighted by molar-refractivity contribution is -0.137. The van der Waals surface area contributed by atoms with Crippen molar-refractivity contribution in [2.24, 2.45) is 0 Å². The van der Waals surface area contributed by atoms with E-state index in [9.17, 15) is 14.4 Å². The van der Waals surface area contributed by atoms with Crippen LogP contribution in [0.5, 0.6) is 17.2 Å². The highest BCUT2D eigenvalue weighted by Crippen LogP contribution is 2.43. The second kappa shape index (κ2) is 18.4. The zero-order valence-corrected chi connectivity index (χ0v) is 34.0. The van der Waals surface area contributed by atoms with E-state index < -0.39 is 11.5 Å². The maximum Gasteiger partial charge on any atom is 0.318 e. The van der Waals surface area contributed by atoms with E-state index in [4.69, 9.17) is 42.5 Å². The van der Waals surface area contributed by atoms with Crippen LogP contribution in [0.1, 0.15) is 60.0 Å². The number of nitrogens with zero attached hydrogens (tertiary/aromatic N) is 4. The number of hydrogen-bond acceptors (Lipinski definition) is 8. The highest BCUT2D eigenvalue weighted by atomic mass is 35.5. The molecule has 56 heavy (non-hydrogen) atoms. The zero-order chi connectivity index (χ0) is 39.9. The number of carboxylic acids is 1. The SMILES string of the molecule is COc1cc(C(=O)N2CC[C@](CCN3CCC(NC(=O)N4CCN(CCCC(=O)O)CC4)(c4ccccc4)CC3)(c3ccc(Cl)c(Cl)c3)C2)cc(OC)c1OC. The van der Waals surface area contributed by atoms with Gasteiger partial charge in [0.15, 0.2) is 11.5 Å². The van der Waals surface area contributed by atoms with Crippen LogP contribution >= 0.6 is 23.2 Å². The van der Waals surface area contributed by atoms with Gasteiger partial charge in [0.1, 0.15) is 0 Å². The van der Waals surface area contributed by atoms with Crippen molar-refractivity contribution >= 4 is 41.1 Å². The number of hydrogen-bond donors (Lipinski definition) is 2. The number of benzene rings is 3. The maximum absolute atomic E-state index is 14.1. The fourth-order valence-electron chi connectivity index (χ4n) is 8.53. The first-order valence-electron chi connectivity index (χ1n) is 19.3. The van der Waals surface area contributed by atoms with E-state index in [1.54, 1.807) is 12.1 Å². The summed E-state index contributed by atoms with van der Waals surface area (Å²) in [4.78, 5) is 47.3. The third kappa shape index (κ3) is 9.31. The van der Waals surface area contributed by atoms with Crippen molar-refractivity contribution in [3.8, 4) is 17.2 Å². The number of methoxy groups -OCH3 is 3. The van der Waals surface area contributed by atoms with Crippen LogP contribution in [0, 0.1) is 0 Å². The van der Waals surface area contributed by atoms with Crippen LogP contribution in [-0.2, 0) is 15.7 Å². The molecular weight excluding hydrogens is 757 g/mol. The Morgan fingerprint density at radius 2 is 1.39 bits per heavy atom. The van der Waals surface area contributed by atoms with Gasteiger partial charge >= 0.3 is 12.0 Å². The van der Waals surface area contributed by atoms with Crippen LogP contribution in [0.2, 0.25) is 10.0 Å². The predicted molar refractivity (Wildman–Crippen MR) is 217 cm³/mol. The molecule has 3 aromatic carbocycles. The molecule has 0 aromatic heterocycles. The summed E-state index contributed by atoms with van der Waals surface area (Å²) >= 11 is 13.0. The van der Waals surface area contributed by atoms with Crippen molar-refractivity contribution in [3.05, 3.63) is 87.4 Å². The van der Waals surface area contributed by atoms with Crippen molar-refractivity contribution in [1.82, 2.24) is 24.9 Å². The Labute approximate surface area is 339 Å². The number of rotatable bonds is 14. The van der Waals surface area contributed by atoms with Gasteiger partial charge in [0.25, 0.3) is 5.91 Å². The molecule has 2 N–H and O–H groups in total. The van der Waals surface area contributed by atoms with Gasteiger partial charge in [0, 0.05) is 69.8 Å². The molecule has 14 heteroatoms. The lowest BCUT2D eigenvalue weighted by Gasteiger charge is -2.45. The second-order valence-electron chi connectivity index (χ2n) is 15.1. The summed E-state index contributed by atoms with van der Waals surface area (Å²) in [5, 5.41) is 13.4. The average molecular weight is 811 g/mol.